The van der Waals surface area contributed by atoms with E-state index in [1.165, 1.54) is 0 Å². The van der Waals surface area contributed by atoms with E-state index in [0.717, 1.165) is 34.5 Å². The SMILES string of the molecule is COc1ccc(CCNC(=O)NCc2cc3ccccc3o2)cc1. The molecule has 0 saturated carbocycles. The van der Waals surface area contributed by atoms with Gasteiger partial charge in [-0.05, 0) is 36.2 Å². The molecule has 0 fully saturated rings. The van der Waals surface area contributed by atoms with Crippen LogP contribution in [0.4, 0.5) is 4.79 Å². The summed E-state index contributed by atoms with van der Waals surface area (Å²) in [4.78, 5) is 11.8. The van der Waals surface area contributed by atoms with E-state index >= 15 is 0 Å². The number of hydrogen-bond donors (Lipinski definition) is 2. The standard InChI is InChI=1S/C19H20N2O3/c1-23-16-8-6-14(7-9-16)10-11-20-19(22)21-13-17-12-15-4-2-3-5-18(15)24-17/h2-9,12H,10-11,13H2,1H3,(H2,20,21,22). The third kappa shape index (κ3) is 4.07. The Labute approximate surface area is 140 Å². The van der Waals surface area contributed by atoms with E-state index in [1.807, 2.05) is 54.6 Å². The number of benzene rings is 2. The van der Waals surface area contributed by atoms with Crippen LogP contribution in [0.5, 0.6) is 5.75 Å². The molecule has 0 spiro atoms. The smallest absolute Gasteiger partial charge is 0.315 e. The molecule has 0 aliphatic heterocycles. The summed E-state index contributed by atoms with van der Waals surface area (Å²) in [5.74, 6) is 1.57. The normalized spacial score (nSPS) is 10.5. The molecule has 124 valence electrons. The van der Waals surface area contributed by atoms with E-state index in [9.17, 15) is 4.79 Å². The second kappa shape index (κ2) is 7.55. The van der Waals surface area contributed by atoms with Gasteiger partial charge < -0.3 is 19.8 Å². The molecule has 0 aliphatic rings. The van der Waals surface area contributed by atoms with Crippen LogP contribution in [0, 0.1) is 0 Å². The molecule has 5 nitrogen and oxygen atoms in total. The molecule has 0 bridgehead atoms. The van der Waals surface area contributed by atoms with Crippen molar-refractivity contribution in [3.8, 4) is 5.75 Å². The van der Waals surface area contributed by atoms with Crippen molar-refractivity contribution in [3.05, 3.63) is 65.9 Å². The van der Waals surface area contributed by atoms with Crippen molar-refractivity contribution in [2.45, 2.75) is 13.0 Å². The number of para-hydroxylation sites is 1. The van der Waals surface area contributed by atoms with E-state index in [4.69, 9.17) is 9.15 Å². The first-order chi connectivity index (χ1) is 11.7. The Hall–Kier alpha value is -2.95. The first-order valence-electron chi connectivity index (χ1n) is 7.87. The van der Waals surface area contributed by atoms with Crippen LogP contribution in [0.3, 0.4) is 0 Å². The molecule has 0 atom stereocenters. The van der Waals surface area contributed by atoms with Crippen molar-refractivity contribution in [3.63, 3.8) is 0 Å². The Bertz CT molecular complexity index is 776. The van der Waals surface area contributed by atoms with Gasteiger partial charge in [0.1, 0.15) is 17.1 Å². The third-order valence-corrected chi connectivity index (χ3v) is 3.76. The molecular formula is C19H20N2O3. The number of hydrogen-bond acceptors (Lipinski definition) is 3. The van der Waals surface area contributed by atoms with Gasteiger partial charge in [-0.25, -0.2) is 4.79 Å². The summed E-state index contributed by atoms with van der Waals surface area (Å²) < 4.78 is 10.8. The van der Waals surface area contributed by atoms with Crippen LogP contribution in [0.2, 0.25) is 0 Å². The minimum atomic E-state index is -0.205. The highest BCUT2D eigenvalue weighted by Crippen LogP contribution is 2.18. The first-order valence-corrected chi connectivity index (χ1v) is 7.87. The van der Waals surface area contributed by atoms with Crippen LogP contribution < -0.4 is 15.4 Å². The largest absolute Gasteiger partial charge is 0.497 e. The lowest BCUT2D eigenvalue weighted by molar-refractivity contribution is 0.240. The second-order valence-electron chi connectivity index (χ2n) is 5.46. The Balaban J connectivity index is 1.42. The Morgan fingerprint density at radius 2 is 1.88 bits per heavy atom. The van der Waals surface area contributed by atoms with Crippen LogP contribution >= 0.6 is 0 Å². The van der Waals surface area contributed by atoms with E-state index in [1.54, 1.807) is 7.11 Å². The van der Waals surface area contributed by atoms with Crippen LogP contribution in [-0.4, -0.2) is 19.7 Å². The van der Waals surface area contributed by atoms with Gasteiger partial charge in [0.2, 0.25) is 0 Å². The molecule has 5 heteroatoms. The molecule has 2 aromatic carbocycles. The highest BCUT2D eigenvalue weighted by molar-refractivity contribution is 5.78. The third-order valence-electron chi connectivity index (χ3n) is 3.76. The summed E-state index contributed by atoms with van der Waals surface area (Å²) in [6.07, 6.45) is 0.766. The van der Waals surface area contributed by atoms with Crippen molar-refractivity contribution in [1.29, 1.82) is 0 Å². The van der Waals surface area contributed by atoms with Crippen molar-refractivity contribution in [2.24, 2.45) is 0 Å². The average Bonchev–Trinajstić information content (AvgIpc) is 3.03. The van der Waals surface area contributed by atoms with Gasteiger partial charge in [-0.1, -0.05) is 30.3 Å². The van der Waals surface area contributed by atoms with Crippen LogP contribution in [0.1, 0.15) is 11.3 Å². The Kier molecular flexibility index (Phi) is 5.01. The zero-order valence-corrected chi connectivity index (χ0v) is 13.5. The van der Waals surface area contributed by atoms with Crippen LogP contribution in [0.15, 0.2) is 59.0 Å². The average molecular weight is 324 g/mol. The second-order valence-corrected chi connectivity index (χ2v) is 5.46. The maximum absolute atomic E-state index is 11.8. The minimum Gasteiger partial charge on any atom is -0.497 e. The summed E-state index contributed by atoms with van der Waals surface area (Å²) >= 11 is 0. The number of rotatable bonds is 6. The fraction of sp³-hybridized carbons (Fsp3) is 0.211. The summed E-state index contributed by atoms with van der Waals surface area (Å²) in [7, 11) is 1.64. The van der Waals surface area contributed by atoms with Gasteiger partial charge in [0.05, 0.1) is 13.7 Å². The van der Waals surface area contributed by atoms with Gasteiger partial charge >= 0.3 is 6.03 Å². The number of furan rings is 1. The van der Waals surface area contributed by atoms with Crippen LogP contribution in [-0.2, 0) is 13.0 Å². The molecule has 3 aromatic rings. The molecule has 0 unspecified atom stereocenters. The Morgan fingerprint density at radius 1 is 1.08 bits per heavy atom. The summed E-state index contributed by atoms with van der Waals surface area (Å²) in [6.45, 7) is 0.932. The number of nitrogens with one attached hydrogen (secondary N) is 2. The predicted octanol–water partition coefficient (Wildman–Crippen LogP) is 3.48. The van der Waals surface area contributed by atoms with Gasteiger partial charge in [0.15, 0.2) is 0 Å². The maximum atomic E-state index is 11.8. The van der Waals surface area contributed by atoms with Crippen molar-refractivity contribution in [1.82, 2.24) is 10.6 Å². The molecule has 0 saturated heterocycles. The molecular weight excluding hydrogens is 304 g/mol. The fourth-order valence-corrected chi connectivity index (χ4v) is 2.47. The zero-order valence-electron chi connectivity index (χ0n) is 13.5. The quantitative estimate of drug-likeness (QED) is 0.729. The lowest BCUT2D eigenvalue weighted by atomic mass is 10.1. The van der Waals surface area contributed by atoms with Gasteiger partial charge in [-0.3, -0.25) is 0 Å². The highest BCUT2D eigenvalue weighted by Gasteiger charge is 2.05. The molecule has 1 aromatic heterocycles. The number of carbonyl (C=O) groups is 1. The molecule has 24 heavy (non-hydrogen) atoms. The van der Waals surface area contributed by atoms with Gasteiger partial charge in [-0.15, -0.1) is 0 Å². The van der Waals surface area contributed by atoms with Gasteiger partial charge in [0.25, 0.3) is 0 Å². The molecule has 0 aliphatic carbocycles. The molecule has 1 heterocycles. The van der Waals surface area contributed by atoms with Gasteiger partial charge in [-0.2, -0.15) is 0 Å². The fourth-order valence-electron chi connectivity index (χ4n) is 2.47. The van der Waals surface area contributed by atoms with E-state index in [2.05, 4.69) is 10.6 Å². The lowest BCUT2D eigenvalue weighted by Gasteiger charge is -2.07. The number of methoxy groups -OCH3 is 1. The highest BCUT2D eigenvalue weighted by atomic mass is 16.5. The number of fused-ring (bicyclic) bond motifs is 1. The predicted molar refractivity (Wildman–Crippen MR) is 93.2 cm³/mol. The number of ether oxygens (including phenoxy) is 1. The van der Waals surface area contributed by atoms with Crippen molar-refractivity contribution < 1.29 is 13.9 Å². The number of urea groups is 1. The van der Waals surface area contributed by atoms with E-state index in [0.29, 0.717) is 13.1 Å². The minimum absolute atomic E-state index is 0.205. The zero-order chi connectivity index (χ0) is 16.8. The van der Waals surface area contributed by atoms with E-state index in [-0.39, 0.29) is 6.03 Å². The Morgan fingerprint density at radius 3 is 2.62 bits per heavy atom. The van der Waals surface area contributed by atoms with Crippen molar-refractivity contribution in [2.75, 3.05) is 13.7 Å². The van der Waals surface area contributed by atoms with Crippen molar-refractivity contribution >= 4 is 17.0 Å². The summed E-state index contributed by atoms with van der Waals surface area (Å²) in [6, 6.07) is 17.3. The van der Waals surface area contributed by atoms with E-state index < -0.39 is 0 Å². The van der Waals surface area contributed by atoms with Gasteiger partial charge in [0, 0.05) is 11.9 Å². The first kappa shape index (κ1) is 15.9. The number of amides is 2. The molecule has 0 radical (unpaired) electrons. The summed E-state index contributed by atoms with van der Waals surface area (Å²) in [5, 5.41) is 6.68. The van der Waals surface area contributed by atoms with Crippen LogP contribution in [0.25, 0.3) is 11.0 Å². The summed E-state index contributed by atoms with van der Waals surface area (Å²) in [5.41, 5.74) is 1.97. The topological polar surface area (TPSA) is 63.5 Å². The monoisotopic (exact) mass is 324 g/mol. The maximum Gasteiger partial charge on any atom is 0.315 e. The molecule has 3 rings (SSSR count). The molecule has 2 N–H and O–H groups in total. The lowest BCUT2D eigenvalue weighted by Crippen LogP contribution is -2.36. The molecule has 2 amide bonds. The number of carbonyl (C=O) groups excluding carboxylic acids is 1.